The number of rotatable bonds is 3. The molecule has 1 N–H and O–H groups in total. The molecule has 9 heteroatoms. The normalized spacial score (nSPS) is 21.5. The van der Waals surface area contributed by atoms with E-state index in [-0.39, 0.29) is 41.5 Å². The maximum atomic E-state index is 12.8. The number of carbonyl (C=O) groups is 2. The van der Waals surface area contributed by atoms with Gasteiger partial charge in [0, 0.05) is 44.7 Å². The first kappa shape index (κ1) is 21.6. The molecule has 0 saturated carbocycles. The lowest BCUT2D eigenvalue weighted by atomic mass is 10.1. The molecule has 2 aliphatic heterocycles. The number of nitrogens with zero attached hydrogens (tertiary/aromatic N) is 3. The number of carbonyl (C=O) groups excluding carboxylic acids is 2. The van der Waals surface area contributed by atoms with Crippen molar-refractivity contribution in [2.75, 3.05) is 32.7 Å². The molecule has 0 radical (unpaired) electrons. The highest BCUT2D eigenvalue weighted by atomic mass is 32.2. The first-order valence-corrected chi connectivity index (χ1v) is 11.4. The van der Waals surface area contributed by atoms with E-state index in [1.165, 1.54) is 4.31 Å². The molecule has 3 rings (SSSR count). The summed E-state index contributed by atoms with van der Waals surface area (Å²) in [5.74, 6) is 0.0387. The summed E-state index contributed by atoms with van der Waals surface area (Å²) in [6.07, 6.45) is 0.296. The van der Waals surface area contributed by atoms with Crippen LogP contribution in [-0.4, -0.2) is 78.8 Å². The predicted octanol–water partition coefficient (Wildman–Crippen LogP) is 1.41. The molecule has 2 heterocycles. The number of nitrogens with one attached hydrogen (secondary N) is 1. The fourth-order valence-corrected chi connectivity index (χ4v) is 5.13. The Morgan fingerprint density at radius 1 is 1.07 bits per heavy atom. The molecular formula is C20H30N4O4S. The average molecular weight is 423 g/mol. The van der Waals surface area contributed by atoms with Gasteiger partial charge in [0.15, 0.2) is 0 Å². The van der Waals surface area contributed by atoms with Crippen LogP contribution in [0.5, 0.6) is 0 Å². The summed E-state index contributed by atoms with van der Waals surface area (Å²) >= 11 is 0. The highest BCUT2D eigenvalue weighted by molar-refractivity contribution is 7.89. The van der Waals surface area contributed by atoms with Crippen molar-refractivity contribution in [1.29, 1.82) is 0 Å². The quantitative estimate of drug-likeness (QED) is 0.798. The second kappa shape index (κ2) is 7.95. The van der Waals surface area contributed by atoms with Gasteiger partial charge in [0.1, 0.15) is 0 Å². The summed E-state index contributed by atoms with van der Waals surface area (Å²) in [6.45, 7) is 9.47. The monoisotopic (exact) mass is 422 g/mol. The standard InChI is InChI=1S/C20H30N4O4S/c1-15-5-7-17(8-6-15)29(27,28)23-11-9-22(10-12-23)19(26)21-16-13-18(25)24(14-16)20(2,3)4/h5-8,16H,9-14H2,1-4H3,(H,21,26). The number of hydrogen-bond donors (Lipinski definition) is 1. The minimum absolute atomic E-state index is 0.0387. The average Bonchev–Trinajstić information content (AvgIpc) is 3.02. The van der Waals surface area contributed by atoms with Crippen molar-refractivity contribution in [3.05, 3.63) is 29.8 Å². The van der Waals surface area contributed by atoms with Gasteiger partial charge in [-0.3, -0.25) is 4.79 Å². The van der Waals surface area contributed by atoms with Crippen molar-refractivity contribution in [2.24, 2.45) is 0 Å². The molecular weight excluding hydrogens is 392 g/mol. The summed E-state index contributed by atoms with van der Waals surface area (Å²) in [5.41, 5.74) is 0.729. The van der Waals surface area contributed by atoms with E-state index in [1.807, 2.05) is 27.7 Å². The van der Waals surface area contributed by atoms with Gasteiger partial charge in [-0.25, -0.2) is 13.2 Å². The molecule has 0 bridgehead atoms. The van der Waals surface area contributed by atoms with Crippen LogP contribution in [0.1, 0.15) is 32.8 Å². The highest BCUT2D eigenvalue weighted by Crippen LogP contribution is 2.22. The van der Waals surface area contributed by atoms with Crippen molar-refractivity contribution in [2.45, 2.75) is 50.6 Å². The molecule has 8 nitrogen and oxygen atoms in total. The van der Waals surface area contributed by atoms with E-state index in [2.05, 4.69) is 5.32 Å². The highest BCUT2D eigenvalue weighted by Gasteiger charge is 2.38. The number of benzene rings is 1. The second-order valence-corrected chi connectivity index (χ2v) is 10.7. The topological polar surface area (TPSA) is 90.0 Å². The molecule has 3 amide bonds. The zero-order valence-electron chi connectivity index (χ0n) is 17.5. The van der Waals surface area contributed by atoms with Gasteiger partial charge in [-0.05, 0) is 39.8 Å². The van der Waals surface area contributed by atoms with Crippen LogP contribution in [0.2, 0.25) is 0 Å². The summed E-state index contributed by atoms with van der Waals surface area (Å²) in [6, 6.07) is 6.32. The van der Waals surface area contributed by atoms with Crippen molar-refractivity contribution < 1.29 is 18.0 Å². The molecule has 0 aromatic heterocycles. The SMILES string of the molecule is Cc1ccc(S(=O)(=O)N2CCN(C(=O)NC3CC(=O)N(C(C)(C)C)C3)CC2)cc1. The van der Waals surface area contributed by atoms with Gasteiger partial charge in [-0.2, -0.15) is 4.31 Å². The largest absolute Gasteiger partial charge is 0.336 e. The van der Waals surface area contributed by atoms with Crippen LogP contribution in [0.15, 0.2) is 29.2 Å². The Kier molecular flexibility index (Phi) is 5.91. The maximum absolute atomic E-state index is 12.8. The third kappa shape index (κ3) is 4.72. The van der Waals surface area contributed by atoms with Gasteiger partial charge in [0.25, 0.3) is 0 Å². The fraction of sp³-hybridized carbons (Fsp3) is 0.600. The van der Waals surface area contributed by atoms with Crippen LogP contribution in [-0.2, 0) is 14.8 Å². The number of amides is 3. The van der Waals surface area contributed by atoms with E-state index in [0.29, 0.717) is 26.1 Å². The van der Waals surface area contributed by atoms with Gasteiger partial charge in [0.05, 0.1) is 10.9 Å². The van der Waals surface area contributed by atoms with E-state index < -0.39 is 10.0 Å². The van der Waals surface area contributed by atoms with E-state index in [4.69, 9.17) is 0 Å². The van der Waals surface area contributed by atoms with Crippen molar-refractivity contribution >= 4 is 22.0 Å². The number of urea groups is 1. The Balaban J connectivity index is 1.55. The summed E-state index contributed by atoms with van der Waals surface area (Å²) < 4.78 is 27.0. The zero-order valence-corrected chi connectivity index (χ0v) is 18.3. The van der Waals surface area contributed by atoms with Crippen molar-refractivity contribution in [1.82, 2.24) is 19.4 Å². The van der Waals surface area contributed by atoms with E-state index >= 15 is 0 Å². The minimum Gasteiger partial charge on any atom is -0.336 e. The third-order valence-electron chi connectivity index (χ3n) is 5.45. The lowest BCUT2D eigenvalue weighted by molar-refractivity contribution is -0.131. The number of aryl methyl sites for hydroxylation is 1. The first-order valence-electron chi connectivity index (χ1n) is 9.91. The van der Waals surface area contributed by atoms with Crippen LogP contribution >= 0.6 is 0 Å². The molecule has 1 aromatic rings. The maximum Gasteiger partial charge on any atom is 0.317 e. The van der Waals surface area contributed by atoms with Gasteiger partial charge in [-0.15, -0.1) is 0 Å². The van der Waals surface area contributed by atoms with Crippen molar-refractivity contribution in [3.63, 3.8) is 0 Å². The molecule has 1 aromatic carbocycles. The van der Waals surface area contributed by atoms with Crippen molar-refractivity contribution in [3.8, 4) is 0 Å². The van der Waals surface area contributed by atoms with Crippen LogP contribution in [0.4, 0.5) is 4.79 Å². The minimum atomic E-state index is -3.56. The Bertz CT molecular complexity index is 869. The molecule has 29 heavy (non-hydrogen) atoms. The van der Waals surface area contributed by atoms with E-state index in [1.54, 1.807) is 34.1 Å². The lowest BCUT2D eigenvalue weighted by Crippen LogP contribution is -2.55. The fourth-order valence-electron chi connectivity index (χ4n) is 3.71. The molecule has 2 aliphatic rings. The molecule has 1 atom stereocenters. The Morgan fingerprint density at radius 2 is 1.66 bits per heavy atom. The summed E-state index contributed by atoms with van der Waals surface area (Å²) in [7, 11) is -3.56. The zero-order chi connectivity index (χ0) is 21.4. The number of piperazine rings is 1. The first-order chi connectivity index (χ1) is 13.5. The van der Waals surface area contributed by atoms with Crippen LogP contribution < -0.4 is 5.32 Å². The Labute approximate surface area is 172 Å². The molecule has 2 fully saturated rings. The third-order valence-corrected chi connectivity index (χ3v) is 7.36. The van der Waals surface area contributed by atoms with Crippen LogP contribution in [0.25, 0.3) is 0 Å². The number of sulfonamides is 1. The number of hydrogen-bond acceptors (Lipinski definition) is 4. The number of likely N-dealkylation sites (tertiary alicyclic amines) is 1. The van der Waals surface area contributed by atoms with E-state index in [0.717, 1.165) is 5.56 Å². The molecule has 2 saturated heterocycles. The summed E-state index contributed by atoms with van der Waals surface area (Å²) in [4.78, 5) is 28.5. The van der Waals surface area contributed by atoms with Gasteiger partial charge >= 0.3 is 6.03 Å². The molecule has 1 unspecified atom stereocenters. The van der Waals surface area contributed by atoms with Crippen LogP contribution in [0, 0.1) is 6.92 Å². The van der Waals surface area contributed by atoms with Crippen LogP contribution in [0.3, 0.4) is 0 Å². The van der Waals surface area contributed by atoms with Gasteiger partial charge in [-0.1, -0.05) is 17.7 Å². The van der Waals surface area contributed by atoms with Gasteiger partial charge < -0.3 is 15.1 Å². The van der Waals surface area contributed by atoms with Gasteiger partial charge in [0.2, 0.25) is 15.9 Å². The second-order valence-electron chi connectivity index (χ2n) is 8.73. The molecule has 0 aliphatic carbocycles. The predicted molar refractivity (Wildman–Crippen MR) is 110 cm³/mol. The van der Waals surface area contributed by atoms with E-state index in [9.17, 15) is 18.0 Å². The Morgan fingerprint density at radius 3 is 2.17 bits per heavy atom. The smallest absolute Gasteiger partial charge is 0.317 e. The molecule has 160 valence electrons. The lowest BCUT2D eigenvalue weighted by Gasteiger charge is -2.35. The molecule has 0 spiro atoms. The summed E-state index contributed by atoms with van der Waals surface area (Å²) in [5, 5.41) is 2.93. The Hall–Kier alpha value is -2.13.